The van der Waals surface area contributed by atoms with Crippen LogP contribution in [0.15, 0.2) is 24.3 Å². The van der Waals surface area contributed by atoms with Gasteiger partial charge in [-0.05, 0) is 116 Å². The lowest BCUT2D eigenvalue weighted by Crippen LogP contribution is -2.59. The molecule has 0 saturated heterocycles. The molecule has 4 saturated carbocycles. The molecule has 1 aromatic rings. The van der Waals surface area contributed by atoms with Gasteiger partial charge in [0.25, 0.3) is 5.91 Å². The van der Waals surface area contributed by atoms with Crippen LogP contribution in [0.3, 0.4) is 0 Å². The smallest absolute Gasteiger partial charge is 0.305 e. The molecule has 5 rings (SSSR count). The van der Waals surface area contributed by atoms with Gasteiger partial charge in [-0.3, -0.25) is 9.59 Å². The maximum Gasteiger partial charge on any atom is 0.305 e. The average Bonchev–Trinajstić information content (AvgIpc) is 3.31. The highest BCUT2D eigenvalue weighted by molar-refractivity contribution is 5.95. The van der Waals surface area contributed by atoms with Gasteiger partial charge in [0.05, 0.1) is 19.8 Å². The molecular weight excluding hydrogens is 490 g/mol. The molecule has 0 heterocycles. The molecule has 216 valence electrons. The molecule has 10 atom stereocenters. The first-order valence-electron chi connectivity index (χ1n) is 15.4. The zero-order valence-corrected chi connectivity index (χ0v) is 24.3. The number of carbonyl (C=O) groups excluding carboxylic acids is 2. The molecule has 39 heavy (non-hydrogen) atoms. The molecule has 0 radical (unpaired) electrons. The van der Waals surface area contributed by atoms with Crippen molar-refractivity contribution in [2.45, 2.75) is 104 Å². The molecule has 4 fully saturated rings. The minimum absolute atomic E-state index is 0.0782. The summed E-state index contributed by atoms with van der Waals surface area (Å²) in [7, 11) is 1.46. The third-order valence-electron chi connectivity index (χ3n) is 12.3. The van der Waals surface area contributed by atoms with E-state index in [4.69, 9.17) is 4.74 Å². The van der Waals surface area contributed by atoms with Crippen molar-refractivity contribution >= 4 is 11.9 Å². The minimum Gasteiger partial charge on any atom is -0.469 e. The van der Waals surface area contributed by atoms with E-state index in [0.29, 0.717) is 53.1 Å². The van der Waals surface area contributed by atoms with E-state index >= 15 is 0 Å². The van der Waals surface area contributed by atoms with Gasteiger partial charge in [0.15, 0.2) is 0 Å². The molecule has 6 heteroatoms. The van der Waals surface area contributed by atoms with Crippen molar-refractivity contribution < 1.29 is 24.5 Å². The van der Waals surface area contributed by atoms with Crippen LogP contribution in [0.1, 0.15) is 101 Å². The summed E-state index contributed by atoms with van der Waals surface area (Å²) in [6, 6.07) is 7.47. The van der Waals surface area contributed by atoms with Crippen molar-refractivity contribution in [2.75, 3.05) is 7.11 Å². The van der Waals surface area contributed by atoms with E-state index in [9.17, 15) is 19.8 Å². The Hall–Kier alpha value is -1.92. The SMILES string of the molecule is COC(=O)CCC(C)[C@H]1CCC2C3CC[C@@H]4C[C@@H](NC(=O)c5ccccc5CO)CC[C@]4(C)C3C[C@H](O)[C@@]21C. The van der Waals surface area contributed by atoms with Crippen LogP contribution in [-0.2, 0) is 16.1 Å². The summed E-state index contributed by atoms with van der Waals surface area (Å²) in [6.07, 6.45) is 9.66. The van der Waals surface area contributed by atoms with E-state index in [2.05, 4.69) is 26.1 Å². The molecule has 4 aliphatic carbocycles. The van der Waals surface area contributed by atoms with Crippen LogP contribution in [0, 0.1) is 46.3 Å². The van der Waals surface area contributed by atoms with Crippen LogP contribution < -0.4 is 5.32 Å². The number of ether oxygens (including phenoxy) is 1. The van der Waals surface area contributed by atoms with Crippen LogP contribution in [0.2, 0.25) is 0 Å². The highest BCUT2D eigenvalue weighted by Gasteiger charge is 2.63. The van der Waals surface area contributed by atoms with Crippen molar-refractivity contribution in [3.63, 3.8) is 0 Å². The van der Waals surface area contributed by atoms with E-state index in [1.165, 1.54) is 26.4 Å². The third kappa shape index (κ3) is 4.94. The van der Waals surface area contributed by atoms with Crippen LogP contribution in [0.5, 0.6) is 0 Å². The molecule has 6 nitrogen and oxygen atoms in total. The molecule has 1 amide bonds. The third-order valence-corrected chi connectivity index (χ3v) is 12.3. The van der Waals surface area contributed by atoms with E-state index in [-0.39, 0.29) is 41.5 Å². The molecule has 0 bridgehead atoms. The Bertz CT molecular complexity index is 1060. The van der Waals surface area contributed by atoms with E-state index in [1.807, 2.05) is 18.2 Å². The van der Waals surface area contributed by atoms with Crippen LogP contribution in [-0.4, -0.2) is 41.3 Å². The lowest BCUT2D eigenvalue weighted by molar-refractivity contribution is -0.169. The lowest BCUT2D eigenvalue weighted by atomic mass is 9.43. The van der Waals surface area contributed by atoms with Gasteiger partial charge in [-0.2, -0.15) is 0 Å². The molecule has 4 aliphatic rings. The van der Waals surface area contributed by atoms with Crippen molar-refractivity contribution in [1.29, 1.82) is 0 Å². The molecule has 0 aliphatic heterocycles. The molecule has 0 aromatic heterocycles. The highest BCUT2D eigenvalue weighted by Crippen LogP contribution is 2.68. The normalized spacial score (nSPS) is 40.1. The number of benzene rings is 1. The van der Waals surface area contributed by atoms with Gasteiger partial charge in [0.2, 0.25) is 0 Å². The second-order valence-corrected chi connectivity index (χ2v) is 13.8. The van der Waals surface area contributed by atoms with Gasteiger partial charge in [-0.25, -0.2) is 0 Å². The Kier molecular flexibility index (Phi) is 8.18. The molecule has 3 N–H and O–H groups in total. The molecule has 0 spiro atoms. The summed E-state index contributed by atoms with van der Waals surface area (Å²) >= 11 is 0. The standard InChI is InChI=1S/C33H49NO5/c1-20(9-14-30(37)39-4)26-12-13-27-25-11-10-22-17-23(34-31(38)24-8-6-5-7-21(24)19-35)15-16-32(22,2)28(25)18-29(36)33(26,27)3/h5-8,20,22-23,25-29,35-36H,9-19H2,1-4H3,(H,34,38)/t20?,22-,23+,25?,26-,27?,28?,29+,32+,33-/m1/s1. The number of hydrogen-bond acceptors (Lipinski definition) is 5. The summed E-state index contributed by atoms with van der Waals surface area (Å²) in [5, 5.41) is 24.8. The number of nitrogens with one attached hydrogen (secondary N) is 1. The van der Waals surface area contributed by atoms with Gasteiger partial charge in [0, 0.05) is 18.0 Å². The van der Waals surface area contributed by atoms with Crippen LogP contribution >= 0.6 is 0 Å². The van der Waals surface area contributed by atoms with E-state index in [0.717, 1.165) is 38.5 Å². The first kappa shape index (κ1) is 28.6. The number of methoxy groups -OCH3 is 1. The number of carbonyl (C=O) groups is 2. The van der Waals surface area contributed by atoms with Crippen molar-refractivity contribution in [3.05, 3.63) is 35.4 Å². The fourth-order valence-electron chi connectivity index (χ4n) is 10.1. The van der Waals surface area contributed by atoms with Crippen molar-refractivity contribution in [2.24, 2.45) is 46.3 Å². The summed E-state index contributed by atoms with van der Waals surface area (Å²) in [5.74, 6) is 2.90. The second-order valence-electron chi connectivity index (χ2n) is 13.8. The number of rotatable bonds is 7. The quantitative estimate of drug-likeness (QED) is 0.398. The predicted octanol–water partition coefficient (Wildman–Crippen LogP) is 5.50. The largest absolute Gasteiger partial charge is 0.469 e. The fourth-order valence-corrected chi connectivity index (χ4v) is 10.1. The van der Waals surface area contributed by atoms with Crippen LogP contribution in [0.25, 0.3) is 0 Å². The Morgan fingerprint density at radius 1 is 1.08 bits per heavy atom. The zero-order chi connectivity index (χ0) is 27.9. The van der Waals surface area contributed by atoms with Gasteiger partial charge in [0.1, 0.15) is 0 Å². The number of hydrogen-bond donors (Lipinski definition) is 3. The Morgan fingerprint density at radius 2 is 1.85 bits per heavy atom. The summed E-state index contributed by atoms with van der Waals surface area (Å²) in [6.45, 7) is 6.97. The second kappa shape index (κ2) is 11.2. The van der Waals surface area contributed by atoms with Gasteiger partial charge >= 0.3 is 5.97 Å². The first-order chi connectivity index (χ1) is 18.6. The molecular formula is C33H49NO5. The Morgan fingerprint density at radius 3 is 2.59 bits per heavy atom. The summed E-state index contributed by atoms with van der Waals surface area (Å²) in [5.41, 5.74) is 1.36. The van der Waals surface area contributed by atoms with Crippen molar-refractivity contribution in [1.82, 2.24) is 5.32 Å². The highest BCUT2D eigenvalue weighted by atomic mass is 16.5. The number of esters is 1. The fraction of sp³-hybridized carbons (Fsp3) is 0.758. The summed E-state index contributed by atoms with van der Waals surface area (Å²) in [4.78, 5) is 24.9. The Labute approximate surface area is 234 Å². The molecule has 4 unspecified atom stereocenters. The number of amides is 1. The van der Waals surface area contributed by atoms with Crippen molar-refractivity contribution in [3.8, 4) is 0 Å². The first-order valence-corrected chi connectivity index (χ1v) is 15.4. The van der Waals surface area contributed by atoms with E-state index in [1.54, 1.807) is 6.07 Å². The minimum atomic E-state index is -0.306. The maximum atomic E-state index is 13.1. The van der Waals surface area contributed by atoms with E-state index < -0.39 is 0 Å². The van der Waals surface area contributed by atoms with Gasteiger partial charge < -0.3 is 20.3 Å². The zero-order valence-electron chi connectivity index (χ0n) is 24.3. The Balaban J connectivity index is 1.26. The summed E-state index contributed by atoms with van der Waals surface area (Å²) < 4.78 is 4.89. The molecule has 1 aromatic carbocycles. The number of fused-ring (bicyclic) bond motifs is 5. The van der Waals surface area contributed by atoms with Crippen LogP contribution in [0.4, 0.5) is 0 Å². The average molecular weight is 540 g/mol. The lowest BCUT2D eigenvalue weighted by Gasteiger charge is -2.62. The number of aliphatic hydroxyl groups is 2. The predicted molar refractivity (Wildman–Crippen MR) is 151 cm³/mol. The topological polar surface area (TPSA) is 95.9 Å². The monoisotopic (exact) mass is 539 g/mol. The van der Waals surface area contributed by atoms with Gasteiger partial charge in [-0.15, -0.1) is 0 Å². The maximum absolute atomic E-state index is 13.1. The van der Waals surface area contributed by atoms with Gasteiger partial charge in [-0.1, -0.05) is 39.0 Å². The number of aliphatic hydroxyl groups excluding tert-OH is 2.